The predicted octanol–water partition coefficient (Wildman–Crippen LogP) is 1.91. The lowest BCUT2D eigenvalue weighted by Gasteiger charge is -2.46. The third-order valence-electron chi connectivity index (χ3n) is 4.58. The molecule has 0 saturated heterocycles. The van der Waals surface area contributed by atoms with E-state index in [0.717, 1.165) is 31.4 Å². The molecule has 0 bridgehead atoms. The molecule has 5 nitrogen and oxygen atoms in total. The van der Waals surface area contributed by atoms with Gasteiger partial charge >= 0.3 is 0 Å². The number of nitrogens with zero attached hydrogens (tertiary/aromatic N) is 2. The molecule has 2 rings (SSSR count). The third-order valence-corrected chi connectivity index (χ3v) is 4.58. The van der Waals surface area contributed by atoms with Crippen molar-refractivity contribution in [2.75, 3.05) is 7.11 Å². The first kappa shape index (κ1) is 14.5. The van der Waals surface area contributed by atoms with Gasteiger partial charge in [-0.25, -0.2) is 5.43 Å². The summed E-state index contributed by atoms with van der Waals surface area (Å²) in [5.41, 5.74) is 4.01. The first-order chi connectivity index (χ1) is 8.92. The Kier molecular flexibility index (Phi) is 3.99. The number of hydrazine groups is 1. The topological polar surface area (TPSA) is 65.1 Å². The SMILES string of the molecule is COC1(C(NN)c2ccn(C)n2)CCC(C)(C)CC1. The van der Waals surface area contributed by atoms with Crippen LogP contribution < -0.4 is 11.3 Å². The highest BCUT2D eigenvalue weighted by Crippen LogP contribution is 2.46. The zero-order valence-electron chi connectivity index (χ0n) is 12.4. The van der Waals surface area contributed by atoms with Crippen LogP contribution in [0.15, 0.2) is 12.3 Å². The minimum atomic E-state index is -0.251. The van der Waals surface area contributed by atoms with Gasteiger partial charge in [-0.15, -0.1) is 0 Å². The van der Waals surface area contributed by atoms with Crippen LogP contribution in [0.4, 0.5) is 0 Å². The van der Waals surface area contributed by atoms with E-state index in [-0.39, 0.29) is 11.6 Å². The molecular weight excluding hydrogens is 240 g/mol. The molecule has 1 aliphatic rings. The molecule has 19 heavy (non-hydrogen) atoms. The first-order valence-electron chi connectivity index (χ1n) is 6.93. The fraction of sp³-hybridized carbons (Fsp3) is 0.786. The zero-order chi connectivity index (χ0) is 14.1. The molecule has 0 amide bonds. The smallest absolute Gasteiger partial charge is 0.0939 e. The number of methoxy groups -OCH3 is 1. The monoisotopic (exact) mass is 266 g/mol. The van der Waals surface area contributed by atoms with Gasteiger partial charge in [0.1, 0.15) is 0 Å². The normalized spacial score (nSPS) is 23.2. The van der Waals surface area contributed by atoms with Crippen LogP contribution in [-0.4, -0.2) is 22.5 Å². The average molecular weight is 266 g/mol. The molecule has 0 aliphatic heterocycles. The first-order valence-corrected chi connectivity index (χ1v) is 6.93. The molecule has 1 saturated carbocycles. The second-order valence-electron chi connectivity index (χ2n) is 6.45. The predicted molar refractivity (Wildman–Crippen MR) is 75.3 cm³/mol. The summed E-state index contributed by atoms with van der Waals surface area (Å²) in [7, 11) is 3.70. The van der Waals surface area contributed by atoms with Crippen molar-refractivity contribution in [1.29, 1.82) is 0 Å². The van der Waals surface area contributed by atoms with Gasteiger partial charge in [0, 0.05) is 20.4 Å². The summed E-state index contributed by atoms with van der Waals surface area (Å²) in [6.07, 6.45) is 6.23. The van der Waals surface area contributed by atoms with Crippen LogP contribution >= 0.6 is 0 Å². The van der Waals surface area contributed by atoms with Gasteiger partial charge < -0.3 is 4.74 Å². The molecule has 1 aromatic heterocycles. The maximum absolute atomic E-state index is 5.90. The summed E-state index contributed by atoms with van der Waals surface area (Å²) in [4.78, 5) is 0. The van der Waals surface area contributed by atoms with Crippen LogP contribution in [0.1, 0.15) is 51.3 Å². The number of hydrogen-bond acceptors (Lipinski definition) is 4. The third kappa shape index (κ3) is 2.83. The van der Waals surface area contributed by atoms with Gasteiger partial charge in [0.25, 0.3) is 0 Å². The van der Waals surface area contributed by atoms with Gasteiger partial charge in [0.15, 0.2) is 0 Å². The number of rotatable bonds is 4. The Balaban J connectivity index is 2.24. The quantitative estimate of drug-likeness (QED) is 0.645. The maximum Gasteiger partial charge on any atom is 0.0939 e. The Labute approximate surface area is 115 Å². The molecule has 1 aromatic rings. The van der Waals surface area contributed by atoms with Crippen molar-refractivity contribution in [2.45, 2.75) is 51.2 Å². The lowest BCUT2D eigenvalue weighted by Crippen LogP contribution is -2.51. The Morgan fingerprint density at radius 3 is 2.42 bits per heavy atom. The van der Waals surface area contributed by atoms with E-state index < -0.39 is 0 Å². The van der Waals surface area contributed by atoms with E-state index in [0.29, 0.717) is 5.41 Å². The minimum Gasteiger partial charge on any atom is -0.376 e. The molecular formula is C14H26N4O. The molecule has 1 unspecified atom stereocenters. The maximum atomic E-state index is 5.90. The number of hydrogen-bond donors (Lipinski definition) is 2. The number of nitrogens with one attached hydrogen (secondary N) is 1. The van der Waals surface area contributed by atoms with E-state index in [1.165, 1.54) is 0 Å². The summed E-state index contributed by atoms with van der Waals surface area (Å²) in [5, 5.41) is 4.48. The van der Waals surface area contributed by atoms with Crippen LogP contribution in [0.2, 0.25) is 0 Å². The summed E-state index contributed by atoms with van der Waals surface area (Å²) in [6.45, 7) is 4.64. The van der Waals surface area contributed by atoms with E-state index in [2.05, 4.69) is 24.4 Å². The van der Waals surface area contributed by atoms with Gasteiger partial charge in [0.2, 0.25) is 0 Å². The van der Waals surface area contributed by atoms with E-state index in [4.69, 9.17) is 10.6 Å². The van der Waals surface area contributed by atoms with E-state index in [9.17, 15) is 0 Å². The summed E-state index contributed by atoms with van der Waals surface area (Å²) in [6, 6.07) is 1.94. The van der Waals surface area contributed by atoms with Gasteiger partial charge in [0.05, 0.1) is 17.3 Å². The van der Waals surface area contributed by atoms with Crippen molar-refractivity contribution in [1.82, 2.24) is 15.2 Å². The fourth-order valence-corrected chi connectivity index (χ4v) is 3.05. The van der Waals surface area contributed by atoms with Crippen molar-refractivity contribution in [3.8, 4) is 0 Å². The van der Waals surface area contributed by atoms with Crippen LogP contribution in [0.25, 0.3) is 0 Å². The lowest BCUT2D eigenvalue weighted by atomic mass is 9.68. The van der Waals surface area contributed by atoms with E-state index in [1.54, 1.807) is 11.8 Å². The molecule has 1 aliphatic carbocycles. The highest BCUT2D eigenvalue weighted by Gasteiger charge is 2.45. The second kappa shape index (κ2) is 5.23. The fourth-order valence-electron chi connectivity index (χ4n) is 3.05. The standard InChI is InChI=1S/C14H26N4O/c1-13(2)6-8-14(19-4,9-7-13)12(16-15)11-5-10-18(3)17-11/h5,10,12,16H,6-9,15H2,1-4H3. The number of aryl methyl sites for hydroxylation is 1. The van der Waals surface area contributed by atoms with Gasteiger partial charge in [-0.1, -0.05) is 13.8 Å². The molecule has 1 heterocycles. The van der Waals surface area contributed by atoms with E-state index >= 15 is 0 Å². The Morgan fingerprint density at radius 2 is 2.00 bits per heavy atom. The van der Waals surface area contributed by atoms with E-state index in [1.807, 2.05) is 19.3 Å². The number of nitrogens with two attached hydrogens (primary N) is 1. The van der Waals surface area contributed by atoms with Crippen molar-refractivity contribution in [3.05, 3.63) is 18.0 Å². The van der Waals surface area contributed by atoms with Crippen molar-refractivity contribution < 1.29 is 4.74 Å². The minimum absolute atomic E-state index is 0.0604. The van der Waals surface area contributed by atoms with Crippen molar-refractivity contribution in [2.24, 2.45) is 18.3 Å². The average Bonchev–Trinajstić information content (AvgIpc) is 2.79. The Bertz CT molecular complexity index is 417. The molecule has 5 heteroatoms. The van der Waals surface area contributed by atoms with Gasteiger partial charge in [-0.3, -0.25) is 10.5 Å². The van der Waals surface area contributed by atoms with Crippen LogP contribution in [0, 0.1) is 5.41 Å². The molecule has 0 radical (unpaired) electrons. The number of ether oxygens (including phenoxy) is 1. The van der Waals surface area contributed by atoms with Crippen molar-refractivity contribution >= 4 is 0 Å². The Hall–Kier alpha value is -0.910. The number of aromatic nitrogens is 2. The molecule has 0 spiro atoms. The highest BCUT2D eigenvalue weighted by atomic mass is 16.5. The molecule has 0 aromatic carbocycles. The van der Waals surface area contributed by atoms with Gasteiger partial charge in [-0.2, -0.15) is 5.10 Å². The second-order valence-corrected chi connectivity index (χ2v) is 6.45. The van der Waals surface area contributed by atoms with Gasteiger partial charge in [-0.05, 0) is 37.2 Å². The summed E-state index contributed by atoms with van der Waals surface area (Å²) < 4.78 is 7.70. The van der Waals surface area contributed by atoms with Crippen LogP contribution in [-0.2, 0) is 11.8 Å². The zero-order valence-corrected chi connectivity index (χ0v) is 12.4. The van der Waals surface area contributed by atoms with Crippen LogP contribution in [0.5, 0.6) is 0 Å². The summed E-state index contributed by atoms with van der Waals surface area (Å²) >= 11 is 0. The molecule has 1 fully saturated rings. The lowest BCUT2D eigenvalue weighted by molar-refractivity contribution is -0.0886. The van der Waals surface area contributed by atoms with Crippen LogP contribution in [0.3, 0.4) is 0 Å². The largest absolute Gasteiger partial charge is 0.376 e. The molecule has 1 atom stereocenters. The molecule has 3 N–H and O–H groups in total. The van der Waals surface area contributed by atoms with Crippen molar-refractivity contribution in [3.63, 3.8) is 0 Å². The Morgan fingerprint density at radius 1 is 1.37 bits per heavy atom. The summed E-state index contributed by atoms with van der Waals surface area (Å²) in [5.74, 6) is 5.79. The molecule has 108 valence electrons. The highest BCUT2D eigenvalue weighted by molar-refractivity contribution is 5.13.